The van der Waals surface area contributed by atoms with Crippen LogP contribution in [0.5, 0.6) is 0 Å². The monoisotopic (exact) mass is 287 g/mol. The molecule has 1 atom stereocenters. The number of nitrogens with zero attached hydrogens (tertiary/aromatic N) is 2. The number of rotatable bonds is 2. The molecule has 0 bridgehead atoms. The van der Waals surface area contributed by atoms with Crippen molar-refractivity contribution >= 4 is 22.2 Å². The fraction of sp³-hybridized carbons (Fsp3) is 0.267. The Labute approximate surface area is 121 Å². The molecule has 5 heteroatoms. The summed E-state index contributed by atoms with van der Waals surface area (Å²) in [5.41, 5.74) is 10.0. The zero-order valence-corrected chi connectivity index (χ0v) is 12.4. The zero-order valence-electron chi connectivity index (χ0n) is 11.6. The smallest absolute Gasteiger partial charge is 0.155 e. The van der Waals surface area contributed by atoms with Gasteiger partial charge in [0.15, 0.2) is 5.03 Å². The first-order chi connectivity index (χ1) is 9.65. The van der Waals surface area contributed by atoms with Crippen LogP contribution in [0.2, 0.25) is 0 Å². The Kier molecular flexibility index (Phi) is 3.31. The van der Waals surface area contributed by atoms with Crippen molar-refractivity contribution in [2.45, 2.75) is 23.8 Å². The maximum absolute atomic E-state index is 12.7. The summed E-state index contributed by atoms with van der Waals surface area (Å²) in [7, 11) is -1.23. The highest BCUT2D eigenvalue weighted by Gasteiger charge is 2.30. The van der Waals surface area contributed by atoms with Gasteiger partial charge in [-0.15, -0.1) is 0 Å². The van der Waals surface area contributed by atoms with E-state index in [0.717, 1.165) is 21.8 Å². The largest absolute Gasteiger partial charge is 0.337 e. The molecule has 0 fully saturated rings. The molecular formula is C15H17N3OS. The van der Waals surface area contributed by atoms with Crippen LogP contribution < -0.4 is 10.6 Å². The van der Waals surface area contributed by atoms with Crippen molar-refractivity contribution in [3.63, 3.8) is 0 Å². The molecule has 1 aliphatic heterocycles. The molecule has 0 amide bonds. The Morgan fingerprint density at radius 1 is 1.30 bits per heavy atom. The lowest BCUT2D eigenvalue weighted by molar-refractivity contribution is 0.677. The van der Waals surface area contributed by atoms with E-state index in [-0.39, 0.29) is 0 Å². The maximum atomic E-state index is 12.7. The number of pyridine rings is 1. The number of nitrogens with two attached hydrogens (primary N) is 1. The molecule has 2 N–H and O–H groups in total. The van der Waals surface area contributed by atoms with E-state index in [1.165, 1.54) is 5.56 Å². The average molecular weight is 287 g/mol. The molecule has 0 saturated carbocycles. The third kappa shape index (κ3) is 1.85. The first-order valence-corrected chi connectivity index (χ1v) is 7.74. The summed E-state index contributed by atoms with van der Waals surface area (Å²) in [5, 5.41) is 0.622. The van der Waals surface area contributed by atoms with Crippen molar-refractivity contribution in [3.8, 4) is 0 Å². The summed E-state index contributed by atoms with van der Waals surface area (Å²) in [6, 6.07) is 7.78. The van der Waals surface area contributed by atoms with Crippen molar-refractivity contribution in [2.24, 2.45) is 5.73 Å². The summed E-state index contributed by atoms with van der Waals surface area (Å²) in [5.74, 6) is 0. The van der Waals surface area contributed by atoms with Crippen LogP contribution in [0.3, 0.4) is 0 Å². The molecule has 0 spiro atoms. The quantitative estimate of drug-likeness (QED) is 0.920. The van der Waals surface area contributed by atoms with Gasteiger partial charge in [-0.2, -0.15) is 0 Å². The van der Waals surface area contributed by atoms with Gasteiger partial charge in [0, 0.05) is 19.3 Å². The average Bonchev–Trinajstić information content (AvgIpc) is 2.47. The van der Waals surface area contributed by atoms with E-state index >= 15 is 0 Å². The van der Waals surface area contributed by atoms with E-state index in [1.807, 2.05) is 24.3 Å². The lowest BCUT2D eigenvalue weighted by Gasteiger charge is -2.33. The summed E-state index contributed by atoms with van der Waals surface area (Å²) in [6.07, 6.45) is 1.68. The number of anilines is 2. The highest BCUT2D eigenvalue weighted by Crippen LogP contribution is 2.43. The van der Waals surface area contributed by atoms with Gasteiger partial charge in [-0.25, -0.2) is 9.19 Å². The van der Waals surface area contributed by atoms with Crippen LogP contribution in [-0.2, 0) is 10.8 Å². The van der Waals surface area contributed by atoms with Gasteiger partial charge in [-0.1, -0.05) is 6.07 Å². The zero-order chi connectivity index (χ0) is 14.3. The number of aromatic nitrogens is 1. The lowest BCUT2D eigenvalue weighted by atomic mass is 10.1. The van der Waals surface area contributed by atoms with Crippen molar-refractivity contribution in [1.29, 1.82) is 0 Å². The summed E-state index contributed by atoms with van der Waals surface area (Å²) in [6.45, 7) is 5.36. The molecule has 104 valence electrons. The second-order valence-electron chi connectivity index (χ2n) is 4.89. The predicted molar refractivity (Wildman–Crippen MR) is 80.9 cm³/mol. The van der Waals surface area contributed by atoms with Crippen molar-refractivity contribution in [2.75, 3.05) is 18.0 Å². The Bertz CT molecular complexity index is 700. The molecule has 0 aliphatic carbocycles. The molecule has 1 aromatic carbocycles. The van der Waals surface area contributed by atoms with Crippen molar-refractivity contribution in [3.05, 3.63) is 41.6 Å². The summed E-state index contributed by atoms with van der Waals surface area (Å²) < 4.78 is 12.7. The van der Waals surface area contributed by atoms with Crippen molar-refractivity contribution < 1.29 is 4.21 Å². The van der Waals surface area contributed by atoms with Gasteiger partial charge < -0.3 is 10.6 Å². The minimum Gasteiger partial charge on any atom is -0.337 e. The number of aryl methyl sites for hydroxylation is 1. The first-order valence-electron chi connectivity index (χ1n) is 6.59. The number of benzene rings is 1. The van der Waals surface area contributed by atoms with Crippen LogP contribution in [0.25, 0.3) is 0 Å². The predicted octanol–water partition coefficient (Wildman–Crippen LogP) is 2.28. The Balaban J connectivity index is 2.30. The highest BCUT2D eigenvalue weighted by atomic mass is 32.2. The molecule has 0 radical (unpaired) electrons. The van der Waals surface area contributed by atoms with E-state index < -0.39 is 10.8 Å². The molecule has 2 aromatic rings. The van der Waals surface area contributed by atoms with Gasteiger partial charge in [0.2, 0.25) is 0 Å². The molecule has 20 heavy (non-hydrogen) atoms. The fourth-order valence-electron chi connectivity index (χ4n) is 2.58. The molecule has 2 heterocycles. The summed E-state index contributed by atoms with van der Waals surface area (Å²) >= 11 is 0. The normalized spacial score (nSPS) is 16.8. The number of hydrogen-bond acceptors (Lipinski definition) is 4. The van der Waals surface area contributed by atoms with Gasteiger partial charge in [0.25, 0.3) is 0 Å². The van der Waals surface area contributed by atoms with E-state index in [4.69, 9.17) is 5.73 Å². The third-order valence-corrected chi connectivity index (χ3v) is 5.10. The summed E-state index contributed by atoms with van der Waals surface area (Å²) in [4.78, 5) is 7.27. The molecule has 1 unspecified atom stereocenters. The minimum absolute atomic E-state index is 0.536. The van der Waals surface area contributed by atoms with E-state index in [1.54, 1.807) is 6.20 Å². The van der Waals surface area contributed by atoms with Gasteiger partial charge in [-0.05, 0) is 43.2 Å². The molecule has 1 aliphatic rings. The number of hydrogen-bond donors (Lipinski definition) is 1. The lowest BCUT2D eigenvalue weighted by Crippen LogP contribution is -2.30. The van der Waals surface area contributed by atoms with Crippen LogP contribution in [0, 0.1) is 13.8 Å². The minimum atomic E-state index is -1.23. The second-order valence-corrected chi connectivity index (χ2v) is 6.25. The van der Waals surface area contributed by atoms with Gasteiger partial charge >= 0.3 is 0 Å². The van der Waals surface area contributed by atoms with Gasteiger partial charge in [0.1, 0.15) is 10.8 Å². The fourth-order valence-corrected chi connectivity index (χ4v) is 3.94. The molecule has 4 nitrogen and oxygen atoms in total. The Hall–Kier alpha value is -1.72. The van der Waals surface area contributed by atoms with Gasteiger partial charge in [-0.3, -0.25) is 0 Å². The number of fused-ring (bicyclic) bond motifs is 2. The van der Waals surface area contributed by atoms with Crippen LogP contribution in [0.15, 0.2) is 40.4 Å². The van der Waals surface area contributed by atoms with E-state index in [0.29, 0.717) is 18.1 Å². The third-order valence-electron chi connectivity index (χ3n) is 3.70. The van der Waals surface area contributed by atoms with E-state index in [9.17, 15) is 4.21 Å². The van der Waals surface area contributed by atoms with Crippen LogP contribution in [-0.4, -0.2) is 22.3 Å². The topological polar surface area (TPSA) is 59.2 Å². The highest BCUT2D eigenvalue weighted by molar-refractivity contribution is 7.85. The maximum Gasteiger partial charge on any atom is 0.155 e. The van der Waals surface area contributed by atoms with E-state index in [2.05, 4.69) is 23.7 Å². The van der Waals surface area contributed by atoms with Crippen LogP contribution in [0.1, 0.15) is 11.1 Å². The Morgan fingerprint density at radius 3 is 2.85 bits per heavy atom. The Morgan fingerprint density at radius 2 is 2.10 bits per heavy atom. The molecule has 3 rings (SSSR count). The standard InChI is InChI=1S/C15H17N3OS/c1-10-5-6-13-14(11(10)2)18(9-7-16)12-4-3-8-17-15(12)20(13)19/h3-6,8H,7,9,16H2,1-2H3. The van der Waals surface area contributed by atoms with Gasteiger partial charge in [0.05, 0.1) is 16.3 Å². The second kappa shape index (κ2) is 5.00. The first kappa shape index (κ1) is 13.3. The molecule has 0 saturated heterocycles. The van der Waals surface area contributed by atoms with Crippen LogP contribution in [0.4, 0.5) is 11.4 Å². The molecule has 1 aromatic heterocycles. The van der Waals surface area contributed by atoms with Crippen molar-refractivity contribution in [1.82, 2.24) is 4.98 Å². The van der Waals surface area contributed by atoms with Crippen LogP contribution >= 0.6 is 0 Å². The SMILES string of the molecule is Cc1ccc2c(c1C)N(CCN)c1cccnc1S2=O. The molecular weight excluding hydrogens is 270 g/mol.